The zero-order chi connectivity index (χ0) is 12.5. The molecule has 1 saturated carbocycles. The summed E-state index contributed by atoms with van der Waals surface area (Å²) in [5, 5.41) is 3.96. The van der Waals surface area contributed by atoms with Crippen LogP contribution >= 0.6 is 0 Å². The smallest absolute Gasteiger partial charge is 0.228 e. The first kappa shape index (κ1) is 11.3. The van der Waals surface area contributed by atoms with E-state index in [0.29, 0.717) is 24.1 Å². The fraction of sp³-hybridized carbons (Fsp3) is 0.462. The van der Waals surface area contributed by atoms with E-state index in [1.807, 2.05) is 25.1 Å². The van der Waals surface area contributed by atoms with Crippen LogP contribution in [0.3, 0.4) is 0 Å². The van der Waals surface area contributed by atoms with Crippen molar-refractivity contribution in [2.45, 2.75) is 32.2 Å². The number of rotatable bonds is 4. The lowest BCUT2D eigenvalue weighted by Gasteiger charge is -2.04. The molecular formula is C13H16N4O. The molecule has 1 unspecified atom stereocenters. The van der Waals surface area contributed by atoms with Gasteiger partial charge in [-0.2, -0.15) is 4.98 Å². The average molecular weight is 244 g/mol. The van der Waals surface area contributed by atoms with E-state index < -0.39 is 0 Å². The van der Waals surface area contributed by atoms with Gasteiger partial charge in [-0.1, -0.05) is 11.2 Å². The second kappa shape index (κ2) is 4.49. The molecule has 1 aliphatic rings. The number of nitrogens with zero attached hydrogens (tertiary/aromatic N) is 3. The van der Waals surface area contributed by atoms with Crippen LogP contribution in [-0.2, 0) is 6.42 Å². The summed E-state index contributed by atoms with van der Waals surface area (Å²) in [5.41, 5.74) is 7.72. The van der Waals surface area contributed by atoms with Crippen molar-refractivity contribution in [2.75, 3.05) is 0 Å². The fourth-order valence-electron chi connectivity index (χ4n) is 2.00. The summed E-state index contributed by atoms with van der Waals surface area (Å²) in [5.74, 6) is 1.78. The van der Waals surface area contributed by atoms with Gasteiger partial charge in [0.2, 0.25) is 11.7 Å². The van der Waals surface area contributed by atoms with Gasteiger partial charge in [0, 0.05) is 18.2 Å². The number of hydrogen-bond donors (Lipinski definition) is 1. The number of nitrogens with two attached hydrogens (primary N) is 1. The molecule has 2 aromatic heterocycles. The first-order chi connectivity index (χ1) is 8.72. The fourth-order valence-corrected chi connectivity index (χ4v) is 2.00. The molecule has 1 fully saturated rings. The minimum Gasteiger partial charge on any atom is -0.339 e. The Morgan fingerprint density at radius 2 is 2.22 bits per heavy atom. The molecule has 2 aromatic rings. The number of pyridine rings is 1. The van der Waals surface area contributed by atoms with Crippen molar-refractivity contribution >= 4 is 0 Å². The van der Waals surface area contributed by atoms with Crippen LogP contribution in [0.4, 0.5) is 0 Å². The van der Waals surface area contributed by atoms with Crippen LogP contribution in [0.15, 0.2) is 22.7 Å². The van der Waals surface area contributed by atoms with Gasteiger partial charge in [-0.25, -0.2) is 4.98 Å². The highest BCUT2D eigenvalue weighted by atomic mass is 16.5. The topological polar surface area (TPSA) is 77.8 Å². The SMILES string of the molecule is Cc1cccc(-c2noc(CC(N)C3CC3)n2)n1. The van der Waals surface area contributed by atoms with Crippen molar-refractivity contribution in [3.63, 3.8) is 0 Å². The second-order valence-corrected chi connectivity index (χ2v) is 4.88. The summed E-state index contributed by atoms with van der Waals surface area (Å²) in [6.07, 6.45) is 3.10. The molecule has 0 aromatic carbocycles. The molecule has 94 valence electrons. The Balaban J connectivity index is 1.76. The quantitative estimate of drug-likeness (QED) is 0.886. The maximum Gasteiger partial charge on any atom is 0.228 e. The van der Waals surface area contributed by atoms with Crippen LogP contribution in [0.5, 0.6) is 0 Å². The summed E-state index contributed by atoms with van der Waals surface area (Å²) in [6.45, 7) is 1.94. The molecule has 0 amide bonds. The zero-order valence-electron chi connectivity index (χ0n) is 10.3. The van der Waals surface area contributed by atoms with Crippen molar-refractivity contribution in [3.8, 4) is 11.5 Å². The van der Waals surface area contributed by atoms with Gasteiger partial charge in [0.15, 0.2) is 0 Å². The lowest BCUT2D eigenvalue weighted by Crippen LogP contribution is -2.25. The number of aromatic nitrogens is 3. The van der Waals surface area contributed by atoms with Gasteiger partial charge in [0.1, 0.15) is 5.69 Å². The van der Waals surface area contributed by atoms with Crippen LogP contribution < -0.4 is 5.73 Å². The van der Waals surface area contributed by atoms with E-state index >= 15 is 0 Å². The Hall–Kier alpha value is -1.75. The van der Waals surface area contributed by atoms with Crippen LogP contribution in [0.1, 0.15) is 24.4 Å². The van der Waals surface area contributed by atoms with Crippen LogP contribution in [0, 0.1) is 12.8 Å². The Labute approximate surface area is 105 Å². The van der Waals surface area contributed by atoms with Crippen LogP contribution in [-0.4, -0.2) is 21.2 Å². The normalized spacial score (nSPS) is 16.8. The van der Waals surface area contributed by atoms with Crippen LogP contribution in [0.25, 0.3) is 11.5 Å². The predicted molar refractivity (Wildman–Crippen MR) is 66.7 cm³/mol. The summed E-state index contributed by atoms with van der Waals surface area (Å²) < 4.78 is 5.23. The highest BCUT2D eigenvalue weighted by molar-refractivity contribution is 5.47. The molecule has 0 bridgehead atoms. The van der Waals surface area contributed by atoms with Crippen molar-refractivity contribution in [1.82, 2.24) is 15.1 Å². The highest BCUT2D eigenvalue weighted by Gasteiger charge is 2.29. The van der Waals surface area contributed by atoms with Crippen molar-refractivity contribution in [2.24, 2.45) is 11.7 Å². The Kier molecular flexibility index (Phi) is 2.83. The molecule has 0 aliphatic heterocycles. The van der Waals surface area contributed by atoms with Gasteiger partial charge < -0.3 is 10.3 Å². The third kappa shape index (κ3) is 2.41. The third-order valence-electron chi connectivity index (χ3n) is 3.22. The van der Waals surface area contributed by atoms with Crippen molar-refractivity contribution in [1.29, 1.82) is 0 Å². The van der Waals surface area contributed by atoms with Crippen molar-refractivity contribution < 1.29 is 4.52 Å². The molecule has 0 spiro atoms. The van der Waals surface area contributed by atoms with E-state index in [1.54, 1.807) is 0 Å². The molecule has 0 radical (unpaired) electrons. The number of aryl methyl sites for hydroxylation is 1. The summed E-state index contributed by atoms with van der Waals surface area (Å²) in [6, 6.07) is 5.89. The number of hydrogen-bond acceptors (Lipinski definition) is 5. The second-order valence-electron chi connectivity index (χ2n) is 4.88. The first-order valence-electron chi connectivity index (χ1n) is 6.24. The molecule has 1 atom stereocenters. The van der Waals surface area contributed by atoms with E-state index in [-0.39, 0.29) is 6.04 Å². The summed E-state index contributed by atoms with van der Waals surface area (Å²) in [7, 11) is 0. The van der Waals surface area contributed by atoms with E-state index in [4.69, 9.17) is 10.3 Å². The molecule has 3 rings (SSSR count). The lowest BCUT2D eigenvalue weighted by molar-refractivity contribution is 0.363. The largest absolute Gasteiger partial charge is 0.339 e. The zero-order valence-corrected chi connectivity index (χ0v) is 10.3. The molecule has 18 heavy (non-hydrogen) atoms. The molecule has 2 heterocycles. The molecule has 0 saturated heterocycles. The average Bonchev–Trinajstić information content (AvgIpc) is 3.10. The monoisotopic (exact) mass is 244 g/mol. The van der Waals surface area contributed by atoms with Gasteiger partial charge in [0.05, 0.1) is 0 Å². The Morgan fingerprint density at radius 3 is 2.94 bits per heavy atom. The van der Waals surface area contributed by atoms with E-state index in [1.165, 1.54) is 12.8 Å². The Morgan fingerprint density at radius 1 is 1.39 bits per heavy atom. The van der Waals surface area contributed by atoms with Gasteiger partial charge in [-0.05, 0) is 37.8 Å². The maximum atomic E-state index is 6.04. The minimum atomic E-state index is 0.142. The van der Waals surface area contributed by atoms with Crippen molar-refractivity contribution in [3.05, 3.63) is 29.8 Å². The molecule has 5 nitrogen and oxygen atoms in total. The lowest BCUT2D eigenvalue weighted by atomic mass is 10.1. The first-order valence-corrected chi connectivity index (χ1v) is 6.24. The molecular weight excluding hydrogens is 228 g/mol. The maximum absolute atomic E-state index is 6.04. The predicted octanol–water partition coefficient (Wildman–Crippen LogP) is 1.72. The van der Waals surface area contributed by atoms with E-state index in [2.05, 4.69) is 15.1 Å². The highest BCUT2D eigenvalue weighted by Crippen LogP contribution is 2.32. The Bertz CT molecular complexity index is 547. The molecule has 5 heteroatoms. The standard InChI is InChI=1S/C13H16N4O/c1-8-3-2-4-11(15-8)13-16-12(18-17-13)7-10(14)9-5-6-9/h2-4,9-10H,5-7,14H2,1H3. The van der Waals surface area contributed by atoms with Gasteiger partial charge in [-0.3, -0.25) is 0 Å². The summed E-state index contributed by atoms with van der Waals surface area (Å²) in [4.78, 5) is 8.72. The third-order valence-corrected chi connectivity index (χ3v) is 3.22. The van der Waals surface area contributed by atoms with E-state index in [9.17, 15) is 0 Å². The summed E-state index contributed by atoms with van der Waals surface area (Å²) >= 11 is 0. The van der Waals surface area contributed by atoms with Gasteiger partial charge in [0.25, 0.3) is 0 Å². The van der Waals surface area contributed by atoms with Gasteiger partial charge in [-0.15, -0.1) is 0 Å². The van der Waals surface area contributed by atoms with Gasteiger partial charge >= 0.3 is 0 Å². The van der Waals surface area contributed by atoms with E-state index in [0.717, 1.165) is 11.4 Å². The molecule has 1 aliphatic carbocycles. The van der Waals surface area contributed by atoms with Crippen LogP contribution in [0.2, 0.25) is 0 Å². The molecule has 2 N–H and O–H groups in total. The minimum absolute atomic E-state index is 0.142.